The fourth-order valence-electron chi connectivity index (χ4n) is 4.16. The second-order valence-electron chi connectivity index (χ2n) is 9.54. The molecule has 1 aromatic heterocycles. The van der Waals surface area contributed by atoms with E-state index in [1.165, 1.54) is 34.5 Å². The van der Waals surface area contributed by atoms with Gasteiger partial charge in [0, 0.05) is 24.6 Å². The summed E-state index contributed by atoms with van der Waals surface area (Å²) < 4.78 is 42.4. The molecule has 184 valence electrons. The van der Waals surface area contributed by atoms with Gasteiger partial charge in [0.2, 0.25) is 5.91 Å². The quantitative estimate of drug-likeness (QED) is 0.475. The van der Waals surface area contributed by atoms with Gasteiger partial charge < -0.3 is 10.4 Å². The Morgan fingerprint density at radius 2 is 1.83 bits per heavy atom. The number of thiophene rings is 1. The number of hydrogen-bond acceptors (Lipinski definition) is 5. The standard InChI is InChI=1S/C26H26F3N3O2S/c1-25(2,15-33)14-30-24(34)26(3)22(17-10-11-35-13-17)23(16-4-6-18(27)7-5-16)31-32(26)21-9-8-19(28)12-20(21)29/h4-13,22,33H,14-15H2,1-3H3,(H,30,34). The molecule has 2 N–H and O–H groups in total. The zero-order chi connectivity index (χ0) is 25.4. The lowest BCUT2D eigenvalue weighted by molar-refractivity contribution is -0.126. The molecule has 35 heavy (non-hydrogen) atoms. The maximum atomic E-state index is 15.0. The molecule has 2 heterocycles. The number of benzene rings is 2. The Balaban J connectivity index is 1.89. The van der Waals surface area contributed by atoms with Crippen LogP contribution in [-0.4, -0.2) is 35.4 Å². The van der Waals surface area contributed by atoms with Gasteiger partial charge in [0.25, 0.3) is 0 Å². The number of hydrazone groups is 1. The minimum Gasteiger partial charge on any atom is -0.396 e. The first-order chi connectivity index (χ1) is 16.6. The van der Waals surface area contributed by atoms with Gasteiger partial charge in [-0.3, -0.25) is 4.79 Å². The Morgan fingerprint density at radius 3 is 2.43 bits per heavy atom. The third kappa shape index (κ3) is 4.70. The smallest absolute Gasteiger partial charge is 0.248 e. The molecule has 1 amide bonds. The SMILES string of the molecule is CC(C)(CO)CNC(=O)C1(C)C(c2ccsc2)C(c2ccc(F)cc2)=NN1c1ccc(F)cc1F. The van der Waals surface area contributed by atoms with Gasteiger partial charge in [-0.15, -0.1) is 0 Å². The molecule has 0 bridgehead atoms. The van der Waals surface area contributed by atoms with Crippen LogP contribution in [0.5, 0.6) is 0 Å². The van der Waals surface area contributed by atoms with Crippen LogP contribution in [-0.2, 0) is 4.79 Å². The number of nitrogens with one attached hydrogen (secondary N) is 1. The highest BCUT2D eigenvalue weighted by Gasteiger charge is 2.55. The number of hydrogen-bond donors (Lipinski definition) is 2. The molecular weight excluding hydrogens is 475 g/mol. The number of carbonyl (C=O) groups excluding carboxylic acids is 1. The molecule has 5 nitrogen and oxygen atoms in total. The number of aliphatic hydroxyl groups is 1. The summed E-state index contributed by atoms with van der Waals surface area (Å²) in [6, 6.07) is 10.7. The van der Waals surface area contributed by atoms with Crippen LogP contribution >= 0.6 is 11.3 Å². The van der Waals surface area contributed by atoms with Crippen molar-refractivity contribution >= 4 is 28.6 Å². The van der Waals surface area contributed by atoms with Crippen molar-refractivity contribution in [3.05, 3.63) is 87.9 Å². The number of amides is 1. The lowest BCUT2D eigenvalue weighted by atomic mass is 9.76. The Bertz CT molecular complexity index is 1250. The molecule has 9 heteroatoms. The average molecular weight is 502 g/mol. The topological polar surface area (TPSA) is 64.9 Å². The highest BCUT2D eigenvalue weighted by Crippen LogP contribution is 2.46. The highest BCUT2D eigenvalue weighted by atomic mass is 32.1. The molecular formula is C26H26F3N3O2S. The molecule has 3 aromatic rings. The summed E-state index contributed by atoms with van der Waals surface area (Å²) in [5, 5.41) is 22.3. The van der Waals surface area contributed by atoms with Gasteiger partial charge in [-0.2, -0.15) is 16.4 Å². The van der Waals surface area contributed by atoms with Crippen LogP contribution in [0.25, 0.3) is 0 Å². The minimum atomic E-state index is -1.46. The summed E-state index contributed by atoms with van der Waals surface area (Å²) in [7, 11) is 0. The van der Waals surface area contributed by atoms with Crippen molar-refractivity contribution in [3.8, 4) is 0 Å². The Hall–Kier alpha value is -3.17. The van der Waals surface area contributed by atoms with Crippen LogP contribution in [0, 0.1) is 22.9 Å². The number of halogens is 3. The van der Waals surface area contributed by atoms with Gasteiger partial charge in [0.15, 0.2) is 11.4 Å². The van der Waals surface area contributed by atoms with Crippen molar-refractivity contribution in [1.29, 1.82) is 0 Å². The molecule has 0 radical (unpaired) electrons. The molecule has 2 atom stereocenters. The fraction of sp³-hybridized carbons (Fsp3) is 0.308. The van der Waals surface area contributed by atoms with Gasteiger partial charge in [-0.1, -0.05) is 26.0 Å². The van der Waals surface area contributed by atoms with E-state index in [4.69, 9.17) is 0 Å². The maximum absolute atomic E-state index is 15.0. The zero-order valence-electron chi connectivity index (χ0n) is 19.6. The molecule has 2 aromatic carbocycles. The maximum Gasteiger partial charge on any atom is 0.248 e. The molecule has 0 fully saturated rings. The van der Waals surface area contributed by atoms with E-state index in [0.717, 1.165) is 17.7 Å². The molecule has 0 spiro atoms. The second-order valence-corrected chi connectivity index (χ2v) is 10.3. The van der Waals surface area contributed by atoms with Crippen LogP contribution in [0.15, 0.2) is 64.4 Å². The molecule has 2 unspecified atom stereocenters. The Morgan fingerprint density at radius 1 is 1.14 bits per heavy atom. The molecule has 0 aliphatic carbocycles. The number of aliphatic hydroxyl groups excluding tert-OH is 1. The van der Waals surface area contributed by atoms with E-state index in [-0.39, 0.29) is 18.8 Å². The van der Waals surface area contributed by atoms with Crippen LogP contribution in [0.3, 0.4) is 0 Å². The van der Waals surface area contributed by atoms with Crippen molar-refractivity contribution in [3.63, 3.8) is 0 Å². The van der Waals surface area contributed by atoms with E-state index in [2.05, 4.69) is 10.4 Å². The second kappa shape index (κ2) is 9.47. The van der Waals surface area contributed by atoms with Crippen molar-refractivity contribution in [2.24, 2.45) is 10.5 Å². The number of carbonyl (C=O) groups is 1. The number of anilines is 1. The Kier molecular flexibility index (Phi) is 6.75. The van der Waals surface area contributed by atoms with Crippen molar-refractivity contribution < 1.29 is 23.1 Å². The van der Waals surface area contributed by atoms with Gasteiger partial charge in [0.1, 0.15) is 11.6 Å². The third-order valence-corrected chi connectivity index (χ3v) is 6.95. The van der Waals surface area contributed by atoms with E-state index in [1.807, 2.05) is 16.8 Å². The number of rotatable bonds is 7. The van der Waals surface area contributed by atoms with Crippen LogP contribution < -0.4 is 10.3 Å². The highest BCUT2D eigenvalue weighted by molar-refractivity contribution is 7.08. The van der Waals surface area contributed by atoms with E-state index in [0.29, 0.717) is 11.3 Å². The molecule has 4 rings (SSSR count). The molecule has 1 aliphatic rings. The van der Waals surface area contributed by atoms with E-state index >= 15 is 4.39 Å². The van der Waals surface area contributed by atoms with Crippen molar-refractivity contribution in [1.82, 2.24) is 5.32 Å². The van der Waals surface area contributed by atoms with Crippen LogP contribution in [0.2, 0.25) is 0 Å². The first kappa shape index (κ1) is 24.9. The zero-order valence-corrected chi connectivity index (χ0v) is 20.4. The lowest BCUT2D eigenvalue weighted by Gasteiger charge is -2.38. The third-order valence-electron chi connectivity index (χ3n) is 6.25. The summed E-state index contributed by atoms with van der Waals surface area (Å²) in [6.45, 7) is 5.28. The summed E-state index contributed by atoms with van der Waals surface area (Å²) in [5.41, 5.74) is -0.317. The van der Waals surface area contributed by atoms with Crippen molar-refractivity contribution in [2.75, 3.05) is 18.2 Å². The summed E-state index contributed by atoms with van der Waals surface area (Å²) in [4.78, 5) is 13.9. The van der Waals surface area contributed by atoms with Crippen LogP contribution in [0.1, 0.15) is 37.8 Å². The van der Waals surface area contributed by atoms with E-state index in [1.54, 1.807) is 32.9 Å². The summed E-state index contributed by atoms with van der Waals surface area (Å²) in [6.07, 6.45) is 0. The number of nitrogens with zero attached hydrogens (tertiary/aromatic N) is 2. The molecule has 0 saturated carbocycles. The van der Waals surface area contributed by atoms with Gasteiger partial charge >= 0.3 is 0 Å². The largest absolute Gasteiger partial charge is 0.396 e. The van der Waals surface area contributed by atoms with Gasteiger partial charge in [0.05, 0.1) is 17.3 Å². The molecule has 0 saturated heterocycles. The Labute approximate surface area is 205 Å². The van der Waals surface area contributed by atoms with Crippen molar-refractivity contribution in [2.45, 2.75) is 32.2 Å². The fourth-order valence-corrected chi connectivity index (χ4v) is 4.85. The lowest BCUT2D eigenvalue weighted by Crippen LogP contribution is -2.58. The van der Waals surface area contributed by atoms with Crippen LogP contribution in [0.4, 0.5) is 18.9 Å². The minimum absolute atomic E-state index is 0.0668. The van der Waals surface area contributed by atoms with Gasteiger partial charge in [-0.05, 0) is 59.1 Å². The predicted molar refractivity (Wildman–Crippen MR) is 131 cm³/mol. The van der Waals surface area contributed by atoms with E-state index in [9.17, 15) is 18.7 Å². The monoisotopic (exact) mass is 501 g/mol. The summed E-state index contributed by atoms with van der Waals surface area (Å²) >= 11 is 1.44. The average Bonchev–Trinajstić information content (AvgIpc) is 3.45. The normalized spacial score (nSPS) is 20.1. The first-order valence-electron chi connectivity index (χ1n) is 11.1. The summed E-state index contributed by atoms with van der Waals surface area (Å²) in [5.74, 6) is -3.14. The molecule has 1 aliphatic heterocycles. The first-order valence-corrected chi connectivity index (χ1v) is 12.0. The van der Waals surface area contributed by atoms with E-state index < -0.39 is 40.2 Å². The predicted octanol–water partition coefficient (Wildman–Crippen LogP) is 5.07. The van der Waals surface area contributed by atoms with Gasteiger partial charge in [-0.25, -0.2) is 18.2 Å².